The Labute approximate surface area is 154 Å². The molecule has 2 aromatic heterocycles. The fourth-order valence-corrected chi connectivity index (χ4v) is 2.82. The highest BCUT2D eigenvalue weighted by Gasteiger charge is 2.23. The number of rotatable bonds is 5. The summed E-state index contributed by atoms with van der Waals surface area (Å²) in [6.45, 7) is 0. The van der Waals surface area contributed by atoms with Crippen LogP contribution in [0.4, 0.5) is 0 Å². The van der Waals surface area contributed by atoms with Gasteiger partial charge in [-0.2, -0.15) is 0 Å². The third-order valence-corrected chi connectivity index (χ3v) is 4.48. The number of hydrogen-bond donors (Lipinski definition) is 2. The molecule has 0 fully saturated rings. The lowest BCUT2D eigenvalue weighted by molar-refractivity contribution is 0.0936. The van der Waals surface area contributed by atoms with Crippen LogP contribution in [0.1, 0.15) is 27.9 Å². The van der Waals surface area contributed by atoms with Gasteiger partial charge < -0.3 is 19.6 Å². The number of nitrogens with one attached hydrogen (secondary N) is 2. The van der Waals surface area contributed by atoms with E-state index in [9.17, 15) is 4.79 Å². The van der Waals surface area contributed by atoms with E-state index < -0.39 is 6.04 Å². The van der Waals surface area contributed by atoms with E-state index in [1.807, 2.05) is 42.1 Å². The largest absolute Gasteiger partial charge is 0.497 e. The summed E-state index contributed by atoms with van der Waals surface area (Å²) in [6, 6.07) is 8.47. The van der Waals surface area contributed by atoms with E-state index in [0.29, 0.717) is 16.6 Å². The molecule has 6 nitrogen and oxygen atoms in total. The molecule has 8 heteroatoms. The second-order valence-electron chi connectivity index (χ2n) is 5.42. The third-order valence-electron chi connectivity index (χ3n) is 3.79. The first-order chi connectivity index (χ1) is 12.0. The molecule has 130 valence electrons. The van der Waals surface area contributed by atoms with Gasteiger partial charge in [0.2, 0.25) is 0 Å². The van der Waals surface area contributed by atoms with Gasteiger partial charge in [0.1, 0.15) is 28.5 Å². The summed E-state index contributed by atoms with van der Waals surface area (Å²) in [6.07, 6.45) is 3.49. The maximum atomic E-state index is 12.6. The zero-order valence-corrected chi connectivity index (χ0v) is 15.1. The number of halogens is 2. The number of H-pyrrole nitrogens is 1. The third kappa shape index (κ3) is 3.65. The number of aromatic nitrogens is 3. The first-order valence-electron chi connectivity index (χ1n) is 7.45. The molecule has 2 N–H and O–H groups in total. The Hall–Kier alpha value is -2.44. The Morgan fingerprint density at radius 2 is 2.16 bits per heavy atom. The molecule has 1 amide bonds. The summed E-state index contributed by atoms with van der Waals surface area (Å²) in [5.41, 5.74) is 1.11. The molecular weight excluding hydrogens is 363 g/mol. The number of aryl methyl sites for hydroxylation is 1. The summed E-state index contributed by atoms with van der Waals surface area (Å²) < 4.78 is 7.13. The molecule has 0 saturated carbocycles. The van der Waals surface area contributed by atoms with E-state index in [1.54, 1.807) is 13.3 Å². The van der Waals surface area contributed by atoms with Crippen molar-refractivity contribution in [3.05, 3.63) is 70.0 Å². The monoisotopic (exact) mass is 378 g/mol. The van der Waals surface area contributed by atoms with Gasteiger partial charge in [-0.25, -0.2) is 4.98 Å². The van der Waals surface area contributed by atoms with E-state index >= 15 is 0 Å². The second kappa shape index (κ2) is 7.21. The van der Waals surface area contributed by atoms with Crippen LogP contribution in [0.5, 0.6) is 5.75 Å². The van der Waals surface area contributed by atoms with Gasteiger partial charge in [-0.15, -0.1) is 0 Å². The second-order valence-corrected chi connectivity index (χ2v) is 6.21. The average Bonchev–Trinajstić information content (AvgIpc) is 3.18. The highest BCUT2D eigenvalue weighted by Crippen LogP contribution is 2.26. The quantitative estimate of drug-likeness (QED) is 0.712. The lowest BCUT2D eigenvalue weighted by Gasteiger charge is -2.19. The smallest absolute Gasteiger partial charge is 0.268 e. The number of carbonyl (C=O) groups excluding carboxylic acids is 1. The number of imidazole rings is 1. The number of hydrogen-bond acceptors (Lipinski definition) is 3. The minimum absolute atomic E-state index is 0.224. The predicted molar refractivity (Wildman–Crippen MR) is 96.3 cm³/mol. The summed E-state index contributed by atoms with van der Waals surface area (Å²) in [7, 11) is 3.46. The van der Waals surface area contributed by atoms with Gasteiger partial charge in [-0.1, -0.05) is 35.3 Å². The molecule has 3 rings (SSSR count). The van der Waals surface area contributed by atoms with Crippen LogP contribution >= 0.6 is 23.2 Å². The van der Waals surface area contributed by atoms with Crippen LogP contribution in [0.3, 0.4) is 0 Å². The predicted octanol–water partition coefficient (Wildman–Crippen LogP) is 3.58. The van der Waals surface area contributed by atoms with Crippen LogP contribution in [0.2, 0.25) is 10.2 Å². The van der Waals surface area contributed by atoms with Crippen molar-refractivity contribution in [1.82, 2.24) is 19.9 Å². The fraction of sp³-hybridized carbons (Fsp3) is 0.176. The van der Waals surface area contributed by atoms with Crippen LogP contribution in [-0.4, -0.2) is 27.6 Å². The van der Waals surface area contributed by atoms with Gasteiger partial charge in [0.25, 0.3) is 5.91 Å². The maximum absolute atomic E-state index is 12.6. The number of benzene rings is 1. The Morgan fingerprint density at radius 1 is 1.36 bits per heavy atom. The molecule has 0 saturated heterocycles. The highest BCUT2D eigenvalue weighted by atomic mass is 35.5. The molecule has 0 aliphatic heterocycles. The number of ether oxygens (including phenoxy) is 1. The number of carbonyl (C=O) groups is 1. The SMILES string of the molecule is COc1cccc([C@H](NC(=O)c2cc(Cl)c(Cl)[nH]2)c2nccn2C)c1. The first kappa shape index (κ1) is 17.4. The van der Waals surface area contributed by atoms with Gasteiger partial charge in [0.05, 0.1) is 12.1 Å². The fourth-order valence-electron chi connectivity index (χ4n) is 2.51. The molecule has 1 atom stereocenters. The molecule has 3 aromatic rings. The zero-order valence-electron chi connectivity index (χ0n) is 13.6. The Balaban J connectivity index is 1.96. The van der Waals surface area contributed by atoms with Gasteiger partial charge in [-0.05, 0) is 23.8 Å². The van der Waals surface area contributed by atoms with Crippen molar-refractivity contribution in [3.8, 4) is 5.75 Å². The molecule has 1 aromatic carbocycles. The van der Waals surface area contributed by atoms with Crippen LogP contribution in [0.15, 0.2) is 42.7 Å². The number of methoxy groups -OCH3 is 1. The van der Waals surface area contributed by atoms with Crippen LogP contribution in [0, 0.1) is 0 Å². The molecule has 25 heavy (non-hydrogen) atoms. The molecule has 0 radical (unpaired) electrons. The first-order valence-corrected chi connectivity index (χ1v) is 8.21. The van der Waals surface area contributed by atoms with Gasteiger partial charge in [-0.3, -0.25) is 4.79 Å². The maximum Gasteiger partial charge on any atom is 0.268 e. The molecule has 0 bridgehead atoms. The standard InChI is InChI=1S/C17H16Cl2N4O2/c1-23-7-6-20-16(23)14(10-4-3-5-11(8-10)25-2)22-17(24)13-9-12(18)15(19)21-13/h3-9,14,21H,1-2H3,(H,22,24)/t14-/m0/s1. The normalized spacial score (nSPS) is 12.0. The van der Waals surface area contributed by atoms with Crippen molar-refractivity contribution in [3.63, 3.8) is 0 Å². The number of nitrogens with zero attached hydrogens (tertiary/aromatic N) is 2. The summed E-state index contributed by atoms with van der Waals surface area (Å²) >= 11 is 11.8. The molecular formula is C17H16Cl2N4O2. The van der Waals surface area contributed by atoms with E-state index in [2.05, 4.69) is 15.3 Å². The van der Waals surface area contributed by atoms with Crippen LogP contribution in [0.25, 0.3) is 0 Å². The van der Waals surface area contributed by atoms with Crippen molar-refractivity contribution in [2.24, 2.45) is 7.05 Å². The van der Waals surface area contributed by atoms with Crippen molar-refractivity contribution in [2.45, 2.75) is 6.04 Å². The van der Waals surface area contributed by atoms with E-state index in [4.69, 9.17) is 27.9 Å². The van der Waals surface area contributed by atoms with E-state index in [-0.39, 0.29) is 16.8 Å². The highest BCUT2D eigenvalue weighted by molar-refractivity contribution is 6.41. The Morgan fingerprint density at radius 3 is 2.76 bits per heavy atom. The van der Waals surface area contributed by atoms with E-state index in [0.717, 1.165) is 5.56 Å². The molecule has 0 aliphatic rings. The summed E-state index contributed by atoms with van der Waals surface area (Å²) in [4.78, 5) is 19.7. The van der Waals surface area contributed by atoms with Gasteiger partial charge >= 0.3 is 0 Å². The minimum atomic E-state index is -0.469. The Kier molecular flexibility index (Phi) is 5.01. The van der Waals surface area contributed by atoms with Gasteiger partial charge in [0.15, 0.2) is 0 Å². The Bertz CT molecular complexity index is 884. The van der Waals surface area contributed by atoms with Crippen molar-refractivity contribution < 1.29 is 9.53 Å². The molecule has 0 unspecified atom stereocenters. The van der Waals surface area contributed by atoms with Crippen LogP contribution < -0.4 is 10.1 Å². The summed E-state index contributed by atoms with van der Waals surface area (Å²) in [5, 5.41) is 3.48. The van der Waals surface area contributed by atoms with Crippen LogP contribution in [-0.2, 0) is 7.05 Å². The van der Waals surface area contributed by atoms with Crippen molar-refractivity contribution in [1.29, 1.82) is 0 Å². The van der Waals surface area contributed by atoms with Gasteiger partial charge in [0, 0.05) is 19.4 Å². The molecule has 0 aliphatic carbocycles. The average molecular weight is 379 g/mol. The lowest BCUT2D eigenvalue weighted by atomic mass is 10.1. The lowest BCUT2D eigenvalue weighted by Crippen LogP contribution is -2.31. The van der Waals surface area contributed by atoms with Crippen molar-refractivity contribution in [2.75, 3.05) is 7.11 Å². The topological polar surface area (TPSA) is 71.9 Å². The summed E-state index contributed by atoms with van der Waals surface area (Å²) in [5.74, 6) is 1.03. The number of aromatic amines is 1. The van der Waals surface area contributed by atoms with E-state index in [1.165, 1.54) is 6.07 Å². The molecule has 2 heterocycles. The minimum Gasteiger partial charge on any atom is -0.497 e. The zero-order chi connectivity index (χ0) is 18.0. The van der Waals surface area contributed by atoms with Crippen molar-refractivity contribution >= 4 is 29.1 Å². The molecule has 0 spiro atoms. The number of amides is 1.